The molecule has 1 aliphatic carbocycles. The fraction of sp³-hybridized carbons (Fsp3) is 0.0556. The molecule has 2 heteroatoms. The molecule has 0 aromatic heterocycles. The van der Waals surface area contributed by atoms with Crippen molar-refractivity contribution in [3.05, 3.63) is 175 Å². The van der Waals surface area contributed by atoms with E-state index < -0.39 is 7.12 Å². The first-order valence-electron chi connectivity index (χ1n) is 13.0. The molecule has 0 bridgehead atoms. The minimum absolute atomic E-state index is 0.331. The van der Waals surface area contributed by atoms with Gasteiger partial charge in [-0.15, -0.1) is 0 Å². The molecular weight excluding hydrogens is 495 g/mol. The minimum atomic E-state index is -0.530. The lowest BCUT2D eigenvalue weighted by atomic mass is 9.78. The first-order valence-corrected chi connectivity index (χ1v) is 15.8. The molecule has 0 spiro atoms. The second-order valence-electron chi connectivity index (χ2n) is 9.44. The van der Waals surface area contributed by atoms with Crippen molar-refractivity contribution in [2.45, 2.75) is 16.7 Å². The van der Waals surface area contributed by atoms with Crippen LogP contribution >= 0.6 is 18.5 Å². The third-order valence-electron chi connectivity index (χ3n) is 6.96. The summed E-state index contributed by atoms with van der Waals surface area (Å²) in [6.07, 6.45) is 9.02. The second-order valence-corrected chi connectivity index (χ2v) is 13.4. The summed E-state index contributed by atoms with van der Waals surface area (Å²) in [6.45, 7) is 0. The summed E-state index contributed by atoms with van der Waals surface area (Å²) < 4.78 is 0. The van der Waals surface area contributed by atoms with Crippen molar-refractivity contribution in [2.24, 2.45) is 0 Å². The van der Waals surface area contributed by atoms with Gasteiger partial charge in [-0.2, -0.15) is 0 Å². The maximum absolute atomic E-state index is 2.37. The minimum Gasteiger partial charge on any atom is -0.0888 e. The Kier molecular flexibility index (Phi) is 7.68. The summed E-state index contributed by atoms with van der Waals surface area (Å²) in [6, 6.07) is 50.8. The highest BCUT2D eigenvalue weighted by molar-refractivity contribution is 8.60. The van der Waals surface area contributed by atoms with Crippen LogP contribution in [0.4, 0.5) is 0 Å². The predicted molar refractivity (Wildman–Crippen MR) is 167 cm³/mol. The number of hydrogen-bond donors (Lipinski definition) is 0. The van der Waals surface area contributed by atoms with E-state index >= 15 is 0 Å². The van der Waals surface area contributed by atoms with Crippen LogP contribution in [0.15, 0.2) is 169 Å². The quantitative estimate of drug-likeness (QED) is 0.191. The van der Waals surface area contributed by atoms with Crippen molar-refractivity contribution in [3.63, 3.8) is 0 Å². The predicted octanol–water partition coefficient (Wildman–Crippen LogP) is 9.49. The molecule has 184 valence electrons. The van der Waals surface area contributed by atoms with Gasteiger partial charge in [-0.3, -0.25) is 0 Å². The number of allylic oxidation sites excluding steroid dienone is 4. The molecule has 1 aliphatic rings. The van der Waals surface area contributed by atoms with Crippen LogP contribution in [-0.4, -0.2) is 0 Å². The highest BCUT2D eigenvalue weighted by Crippen LogP contribution is 2.52. The van der Waals surface area contributed by atoms with E-state index in [0.717, 1.165) is 0 Å². The van der Waals surface area contributed by atoms with E-state index in [1.54, 1.807) is 0 Å². The van der Waals surface area contributed by atoms with Crippen molar-refractivity contribution in [1.82, 2.24) is 0 Å². The van der Waals surface area contributed by atoms with Crippen molar-refractivity contribution >= 4 is 29.1 Å². The SMILES string of the molecule is C1=CC(c2ccccc2)C(c2cccc(-c3ccc(SP(c4ccccc4)c4ccccc4)cc3)c2)C=C1. The van der Waals surface area contributed by atoms with E-state index in [4.69, 9.17) is 0 Å². The maximum Gasteiger partial charge on any atom is 0.0207 e. The molecule has 0 nitrogen and oxygen atoms in total. The molecule has 0 saturated heterocycles. The molecule has 0 amide bonds. The van der Waals surface area contributed by atoms with Gasteiger partial charge in [-0.1, -0.05) is 163 Å². The third kappa shape index (κ3) is 5.60. The fourth-order valence-corrected chi connectivity index (χ4v) is 9.26. The summed E-state index contributed by atoms with van der Waals surface area (Å²) in [5, 5.41) is 2.77. The van der Waals surface area contributed by atoms with Crippen LogP contribution in [0, 0.1) is 0 Å². The Morgan fingerprint density at radius 2 is 0.974 bits per heavy atom. The smallest absolute Gasteiger partial charge is 0.0207 e. The van der Waals surface area contributed by atoms with Gasteiger partial charge in [0.1, 0.15) is 0 Å². The largest absolute Gasteiger partial charge is 0.0888 e. The van der Waals surface area contributed by atoms with Crippen LogP contribution < -0.4 is 10.6 Å². The van der Waals surface area contributed by atoms with E-state index in [1.165, 1.54) is 37.8 Å². The molecule has 38 heavy (non-hydrogen) atoms. The first kappa shape index (κ1) is 24.7. The average molecular weight is 525 g/mol. The van der Waals surface area contributed by atoms with Crippen LogP contribution in [0.1, 0.15) is 23.0 Å². The number of rotatable bonds is 7. The zero-order valence-electron chi connectivity index (χ0n) is 21.1. The monoisotopic (exact) mass is 524 g/mol. The second kappa shape index (κ2) is 11.8. The molecule has 2 unspecified atom stereocenters. The molecule has 6 rings (SSSR count). The lowest BCUT2D eigenvalue weighted by molar-refractivity contribution is 0.730. The van der Waals surface area contributed by atoms with Crippen molar-refractivity contribution in [2.75, 3.05) is 0 Å². The van der Waals surface area contributed by atoms with Gasteiger partial charge < -0.3 is 0 Å². The topological polar surface area (TPSA) is 0 Å². The van der Waals surface area contributed by atoms with E-state index in [1.807, 2.05) is 11.4 Å². The molecule has 5 aromatic rings. The maximum atomic E-state index is 2.37. The molecule has 0 aliphatic heterocycles. The van der Waals surface area contributed by atoms with Crippen molar-refractivity contribution in [3.8, 4) is 11.1 Å². The van der Waals surface area contributed by atoms with Crippen LogP contribution in [-0.2, 0) is 0 Å². The Hall–Kier alpha value is -3.64. The molecular formula is C36H29PS. The molecule has 0 saturated carbocycles. The van der Waals surface area contributed by atoms with Crippen LogP contribution in [0.2, 0.25) is 0 Å². The van der Waals surface area contributed by atoms with Gasteiger partial charge in [0.25, 0.3) is 0 Å². The first-order chi connectivity index (χ1) is 18.8. The summed E-state index contributed by atoms with van der Waals surface area (Å²) >= 11 is 1.97. The lowest BCUT2D eigenvalue weighted by Gasteiger charge is -2.25. The van der Waals surface area contributed by atoms with E-state index in [2.05, 4.69) is 164 Å². The normalized spacial score (nSPS) is 16.6. The average Bonchev–Trinajstić information content (AvgIpc) is 3.01. The summed E-state index contributed by atoms with van der Waals surface area (Å²) in [5.41, 5.74) is 5.24. The molecule has 0 heterocycles. The lowest BCUT2D eigenvalue weighted by Crippen LogP contribution is -2.09. The van der Waals surface area contributed by atoms with Gasteiger partial charge in [0, 0.05) is 23.9 Å². The van der Waals surface area contributed by atoms with Gasteiger partial charge >= 0.3 is 0 Å². The number of benzene rings is 5. The Balaban J connectivity index is 1.25. The van der Waals surface area contributed by atoms with Gasteiger partial charge in [-0.05, 0) is 45.0 Å². The van der Waals surface area contributed by atoms with E-state index in [0.29, 0.717) is 11.8 Å². The molecule has 0 N–H and O–H groups in total. The fourth-order valence-electron chi connectivity index (χ4n) is 5.04. The summed E-state index contributed by atoms with van der Waals surface area (Å²) in [7, 11) is -0.530. The van der Waals surface area contributed by atoms with Crippen molar-refractivity contribution in [1.29, 1.82) is 0 Å². The Bertz CT molecular complexity index is 1480. The standard InChI is InChI=1S/C36H29PS/c1-4-13-29(14-5-1)35-21-10-11-22-36(35)31-16-12-15-30(27-31)28-23-25-34(26-24-28)38-37(32-17-6-2-7-18-32)33-19-8-3-9-20-33/h1-27,35-36H. The highest BCUT2D eigenvalue weighted by Gasteiger charge is 2.22. The Labute approximate surface area is 231 Å². The molecule has 2 atom stereocenters. The van der Waals surface area contributed by atoms with Gasteiger partial charge in [-0.25, -0.2) is 0 Å². The number of hydrogen-bond acceptors (Lipinski definition) is 1. The van der Waals surface area contributed by atoms with Gasteiger partial charge in [0.15, 0.2) is 0 Å². The van der Waals surface area contributed by atoms with Gasteiger partial charge in [0.2, 0.25) is 0 Å². The van der Waals surface area contributed by atoms with Crippen LogP contribution in [0.25, 0.3) is 11.1 Å². The zero-order chi connectivity index (χ0) is 25.6. The third-order valence-corrected chi connectivity index (χ3v) is 11.6. The zero-order valence-corrected chi connectivity index (χ0v) is 22.8. The molecule has 5 aromatic carbocycles. The molecule has 0 radical (unpaired) electrons. The Morgan fingerprint density at radius 3 is 1.58 bits per heavy atom. The van der Waals surface area contributed by atoms with Crippen LogP contribution in [0.5, 0.6) is 0 Å². The van der Waals surface area contributed by atoms with Gasteiger partial charge in [0.05, 0.1) is 0 Å². The molecule has 0 fully saturated rings. The van der Waals surface area contributed by atoms with Crippen LogP contribution in [0.3, 0.4) is 0 Å². The Morgan fingerprint density at radius 1 is 0.447 bits per heavy atom. The van der Waals surface area contributed by atoms with E-state index in [9.17, 15) is 0 Å². The van der Waals surface area contributed by atoms with Crippen molar-refractivity contribution < 1.29 is 0 Å². The summed E-state index contributed by atoms with van der Waals surface area (Å²) in [4.78, 5) is 1.30. The van der Waals surface area contributed by atoms with E-state index in [-0.39, 0.29) is 0 Å². The summed E-state index contributed by atoms with van der Waals surface area (Å²) in [5.74, 6) is 0.683. The highest BCUT2D eigenvalue weighted by atomic mass is 32.7.